The second kappa shape index (κ2) is 5.59. The number of benzene rings is 2. The number of halogens is 1. The average Bonchev–Trinajstić information content (AvgIpc) is 2.55. The van der Waals surface area contributed by atoms with E-state index in [0.29, 0.717) is 6.61 Å². The summed E-state index contributed by atoms with van der Waals surface area (Å²) in [5.41, 5.74) is 8.07. The van der Waals surface area contributed by atoms with Crippen molar-refractivity contribution in [2.75, 3.05) is 6.61 Å². The fourth-order valence-electron chi connectivity index (χ4n) is 3.03. The molecule has 0 fully saturated rings. The second-order valence-corrected chi connectivity index (χ2v) is 5.48. The van der Waals surface area contributed by atoms with Gasteiger partial charge in [-0.05, 0) is 34.5 Å². The molecular weight excluding hydrogens is 296 g/mol. The maximum atomic E-state index is 6.74. The highest BCUT2D eigenvalue weighted by Gasteiger charge is 2.37. The molecule has 0 saturated carbocycles. The minimum atomic E-state index is -0.584. The summed E-state index contributed by atoms with van der Waals surface area (Å²) in [6.45, 7) is 0.613. The molecule has 0 amide bonds. The van der Waals surface area contributed by atoms with Crippen LogP contribution in [-0.4, -0.2) is 11.6 Å². The molecule has 1 aliphatic heterocycles. The molecule has 4 rings (SSSR count). The molecule has 0 bridgehead atoms. The molecule has 2 N–H and O–H groups in total. The number of rotatable bonds is 1. The number of nitrogens with two attached hydrogens (primary N) is 1. The van der Waals surface area contributed by atoms with E-state index in [4.69, 9.17) is 10.5 Å². The van der Waals surface area contributed by atoms with Gasteiger partial charge >= 0.3 is 0 Å². The highest BCUT2D eigenvalue weighted by atomic mass is 35.5. The molecule has 112 valence electrons. The molecule has 3 aromatic rings. The summed E-state index contributed by atoms with van der Waals surface area (Å²) >= 11 is 0. The average molecular weight is 313 g/mol. The zero-order valence-electron chi connectivity index (χ0n) is 12.0. The van der Waals surface area contributed by atoms with Crippen molar-refractivity contribution in [2.24, 2.45) is 5.73 Å². The molecule has 0 radical (unpaired) electrons. The lowest BCUT2D eigenvalue weighted by molar-refractivity contribution is 0.232. The molecule has 0 unspecified atom stereocenters. The topological polar surface area (TPSA) is 48.1 Å². The maximum absolute atomic E-state index is 6.74. The first-order chi connectivity index (χ1) is 10.3. The van der Waals surface area contributed by atoms with Gasteiger partial charge in [0.05, 0.1) is 12.1 Å². The summed E-state index contributed by atoms with van der Waals surface area (Å²) in [4.78, 5) is 4.48. The molecule has 3 nitrogen and oxygen atoms in total. The van der Waals surface area contributed by atoms with Crippen molar-refractivity contribution >= 4 is 23.2 Å². The molecule has 1 aliphatic rings. The summed E-state index contributed by atoms with van der Waals surface area (Å²) in [6.07, 6.45) is 2.51. The third-order valence-electron chi connectivity index (χ3n) is 4.21. The number of fused-ring (bicyclic) bond motifs is 2. The number of hydrogen-bond donors (Lipinski definition) is 1. The van der Waals surface area contributed by atoms with Crippen molar-refractivity contribution in [3.05, 3.63) is 72.1 Å². The maximum Gasteiger partial charge on any atom is 0.143 e. The summed E-state index contributed by atoms with van der Waals surface area (Å²) in [7, 11) is 0. The number of pyridine rings is 1. The number of aromatic nitrogens is 1. The minimum Gasteiger partial charge on any atom is -0.491 e. The van der Waals surface area contributed by atoms with Gasteiger partial charge in [-0.15, -0.1) is 12.4 Å². The second-order valence-electron chi connectivity index (χ2n) is 5.48. The van der Waals surface area contributed by atoms with Crippen LogP contribution in [0.3, 0.4) is 0 Å². The van der Waals surface area contributed by atoms with Gasteiger partial charge in [-0.25, -0.2) is 0 Å². The quantitative estimate of drug-likeness (QED) is 0.746. The van der Waals surface area contributed by atoms with Gasteiger partial charge in [0.2, 0.25) is 0 Å². The molecule has 0 aliphatic carbocycles. The van der Waals surface area contributed by atoms with Gasteiger partial charge in [0.25, 0.3) is 0 Å². The van der Waals surface area contributed by atoms with Gasteiger partial charge < -0.3 is 10.5 Å². The largest absolute Gasteiger partial charge is 0.491 e. The Morgan fingerprint density at radius 1 is 1.00 bits per heavy atom. The third kappa shape index (κ3) is 2.23. The van der Waals surface area contributed by atoms with Crippen LogP contribution in [0, 0.1) is 0 Å². The van der Waals surface area contributed by atoms with Gasteiger partial charge in [0.1, 0.15) is 11.4 Å². The molecule has 2 aromatic carbocycles. The van der Waals surface area contributed by atoms with E-state index in [1.54, 1.807) is 6.20 Å². The number of hydrogen-bond acceptors (Lipinski definition) is 3. The van der Waals surface area contributed by atoms with Crippen LogP contribution in [0.25, 0.3) is 10.8 Å². The van der Waals surface area contributed by atoms with Crippen LogP contribution in [0.1, 0.15) is 17.7 Å². The lowest BCUT2D eigenvalue weighted by Gasteiger charge is -2.34. The first-order valence-corrected chi connectivity index (χ1v) is 7.14. The van der Waals surface area contributed by atoms with Crippen molar-refractivity contribution in [1.29, 1.82) is 0 Å². The van der Waals surface area contributed by atoms with Crippen LogP contribution in [0.2, 0.25) is 0 Å². The molecule has 0 spiro atoms. The van der Waals surface area contributed by atoms with Crippen LogP contribution in [-0.2, 0) is 5.54 Å². The lowest BCUT2D eigenvalue weighted by atomic mass is 9.82. The molecule has 2 heterocycles. The van der Waals surface area contributed by atoms with Crippen LogP contribution in [0.15, 0.2) is 60.8 Å². The minimum absolute atomic E-state index is 0. The van der Waals surface area contributed by atoms with Gasteiger partial charge in [-0.2, -0.15) is 0 Å². The van der Waals surface area contributed by atoms with Crippen molar-refractivity contribution < 1.29 is 4.74 Å². The van der Waals surface area contributed by atoms with Crippen LogP contribution >= 0.6 is 12.4 Å². The van der Waals surface area contributed by atoms with Gasteiger partial charge in [0.15, 0.2) is 0 Å². The monoisotopic (exact) mass is 312 g/mol. The lowest BCUT2D eigenvalue weighted by Crippen LogP contribution is -2.43. The summed E-state index contributed by atoms with van der Waals surface area (Å²) in [6, 6.07) is 18.5. The Bertz CT molecular complexity index is 821. The molecule has 1 atom stereocenters. The van der Waals surface area contributed by atoms with Crippen LogP contribution in [0.4, 0.5) is 0 Å². The van der Waals surface area contributed by atoms with Crippen molar-refractivity contribution in [3.8, 4) is 5.75 Å². The van der Waals surface area contributed by atoms with E-state index in [1.165, 1.54) is 10.8 Å². The Kier molecular flexibility index (Phi) is 3.77. The summed E-state index contributed by atoms with van der Waals surface area (Å²) in [5.74, 6) is 0.791. The predicted molar refractivity (Wildman–Crippen MR) is 90.5 cm³/mol. The molecule has 0 saturated heterocycles. The zero-order valence-corrected chi connectivity index (χ0v) is 12.8. The Morgan fingerprint density at radius 2 is 1.82 bits per heavy atom. The standard InChI is InChI=1S/C18H16N2O.ClH/c19-18(9-11-21-16-6-3-10-20-17(16)18)15-8-7-13-4-1-2-5-14(13)12-15;/h1-8,10,12H,9,11,19H2;1H/t18-;/m0./s1. The van der Waals surface area contributed by atoms with Crippen molar-refractivity contribution in [3.63, 3.8) is 0 Å². The Morgan fingerprint density at radius 3 is 2.68 bits per heavy atom. The Balaban J connectivity index is 0.00000144. The zero-order chi connectivity index (χ0) is 14.3. The smallest absolute Gasteiger partial charge is 0.143 e. The predicted octanol–water partition coefficient (Wildman–Crippen LogP) is 3.64. The van der Waals surface area contributed by atoms with E-state index in [9.17, 15) is 0 Å². The molecular formula is C18H17ClN2O. The van der Waals surface area contributed by atoms with Crippen molar-refractivity contribution in [1.82, 2.24) is 4.98 Å². The SMILES string of the molecule is Cl.N[C@]1(c2ccc3ccccc3c2)CCOc2cccnc21. The van der Waals surface area contributed by atoms with E-state index in [0.717, 1.165) is 23.4 Å². The number of ether oxygens (including phenoxy) is 1. The Hall–Kier alpha value is -2.10. The molecule has 1 aromatic heterocycles. The number of nitrogens with zero attached hydrogens (tertiary/aromatic N) is 1. The van der Waals surface area contributed by atoms with Crippen LogP contribution < -0.4 is 10.5 Å². The van der Waals surface area contributed by atoms with Crippen LogP contribution in [0.5, 0.6) is 5.75 Å². The fourth-order valence-corrected chi connectivity index (χ4v) is 3.03. The summed E-state index contributed by atoms with van der Waals surface area (Å²) in [5, 5.41) is 2.42. The van der Waals surface area contributed by atoms with E-state index < -0.39 is 5.54 Å². The van der Waals surface area contributed by atoms with E-state index in [1.807, 2.05) is 24.3 Å². The Labute approximate surface area is 135 Å². The van der Waals surface area contributed by atoms with E-state index in [2.05, 4.69) is 35.3 Å². The summed E-state index contributed by atoms with van der Waals surface area (Å²) < 4.78 is 5.69. The molecule has 4 heteroatoms. The van der Waals surface area contributed by atoms with E-state index >= 15 is 0 Å². The van der Waals surface area contributed by atoms with Gasteiger partial charge in [0, 0.05) is 12.6 Å². The van der Waals surface area contributed by atoms with Gasteiger partial charge in [-0.3, -0.25) is 4.98 Å². The highest BCUT2D eigenvalue weighted by molar-refractivity contribution is 5.85. The fraction of sp³-hybridized carbons (Fsp3) is 0.167. The van der Waals surface area contributed by atoms with Crippen molar-refractivity contribution in [2.45, 2.75) is 12.0 Å². The molecule has 22 heavy (non-hydrogen) atoms. The first kappa shape index (κ1) is 14.8. The first-order valence-electron chi connectivity index (χ1n) is 7.14. The normalized spacial score (nSPS) is 19.9. The highest BCUT2D eigenvalue weighted by Crippen LogP contribution is 2.38. The van der Waals surface area contributed by atoms with E-state index in [-0.39, 0.29) is 12.4 Å². The third-order valence-corrected chi connectivity index (χ3v) is 4.21. The van der Waals surface area contributed by atoms with Gasteiger partial charge in [-0.1, -0.05) is 36.4 Å².